The van der Waals surface area contributed by atoms with Gasteiger partial charge in [-0.1, -0.05) is 34.9 Å². The van der Waals surface area contributed by atoms with Crippen molar-refractivity contribution in [1.29, 1.82) is 0 Å². The molecule has 0 fully saturated rings. The molecular weight excluding hydrogens is 312 g/mol. The fourth-order valence-electron chi connectivity index (χ4n) is 1.43. The summed E-state index contributed by atoms with van der Waals surface area (Å²) in [6.07, 6.45) is 1.96. The Morgan fingerprint density at radius 3 is 2.60 bits per heavy atom. The number of carbonyl (C=O) groups is 1. The van der Waals surface area contributed by atoms with Crippen LogP contribution >= 0.6 is 34.9 Å². The number of aromatic nitrogens is 2. The van der Waals surface area contributed by atoms with Gasteiger partial charge < -0.3 is 10.6 Å². The number of hydrogen-bond acceptors (Lipinski definition) is 7. The van der Waals surface area contributed by atoms with Crippen LogP contribution in [0.1, 0.15) is 10.4 Å². The maximum Gasteiger partial charge on any atom is 0.253 e. The summed E-state index contributed by atoms with van der Waals surface area (Å²) in [6.45, 7) is 0. The topological polar surface area (TPSA) is 72.1 Å². The van der Waals surface area contributed by atoms with Gasteiger partial charge >= 0.3 is 0 Å². The molecule has 2 rings (SSSR count). The molecular formula is C12H14N4OS3. The molecule has 0 radical (unpaired) electrons. The van der Waals surface area contributed by atoms with E-state index in [4.69, 9.17) is 5.73 Å². The van der Waals surface area contributed by atoms with Gasteiger partial charge in [-0.3, -0.25) is 4.79 Å². The Hall–Kier alpha value is -1.25. The fraction of sp³-hybridized carbons (Fsp3) is 0.250. The highest BCUT2D eigenvalue weighted by Gasteiger charge is 2.13. The summed E-state index contributed by atoms with van der Waals surface area (Å²) in [5.74, 6) is -0.0473. The lowest BCUT2D eigenvalue weighted by molar-refractivity contribution is 0.0827. The van der Waals surface area contributed by atoms with Gasteiger partial charge in [0.1, 0.15) is 0 Å². The van der Waals surface area contributed by atoms with Gasteiger partial charge in [0.25, 0.3) is 5.91 Å². The van der Waals surface area contributed by atoms with Crippen LogP contribution in [0.2, 0.25) is 0 Å². The number of thioether (sulfide) groups is 1. The summed E-state index contributed by atoms with van der Waals surface area (Å²) >= 11 is 4.50. The van der Waals surface area contributed by atoms with Crippen molar-refractivity contribution in [2.75, 3.05) is 26.1 Å². The Bertz CT molecular complexity index is 627. The molecule has 0 bridgehead atoms. The molecule has 1 amide bonds. The van der Waals surface area contributed by atoms with Crippen molar-refractivity contribution in [3.8, 4) is 0 Å². The Morgan fingerprint density at radius 2 is 2.00 bits per heavy atom. The number of rotatable bonds is 4. The molecule has 0 aliphatic heterocycles. The Morgan fingerprint density at radius 1 is 1.30 bits per heavy atom. The number of anilines is 1. The van der Waals surface area contributed by atoms with E-state index in [9.17, 15) is 4.79 Å². The van der Waals surface area contributed by atoms with Gasteiger partial charge in [-0.15, -0.1) is 10.2 Å². The van der Waals surface area contributed by atoms with Gasteiger partial charge in [-0.2, -0.15) is 0 Å². The lowest BCUT2D eigenvalue weighted by Gasteiger charge is -2.11. The monoisotopic (exact) mass is 326 g/mol. The number of benzene rings is 1. The minimum Gasteiger partial charge on any atom is -0.398 e. The van der Waals surface area contributed by atoms with E-state index >= 15 is 0 Å². The maximum atomic E-state index is 12.0. The predicted molar refractivity (Wildman–Crippen MR) is 84.7 cm³/mol. The molecule has 20 heavy (non-hydrogen) atoms. The van der Waals surface area contributed by atoms with Crippen LogP contribution in [0.25, 0.3) is 0 Å². The standard InChI is InChI=1S/C12H14N4OS3/c1-16(2)10(17)7-4-5-8(13)9(6-7)19-12-15-14-11(18-3)20-12/h4-6H,13H2,1-3H3. The van der Waals surface area contributed by atoms with Crippen LogP contribution in [-0.4, -0.2) is 41.4 Å². The fourth-order valence-corrected chi connectivity index (χ4v) is 3.91. The largest absolute Gasteiger partial charge is 0.398 e. The van der Waals surface area contributed by atoms with Gasteiger partial charge in [0.2, 0.25) is 0 Å². The van der Waals surface area contributed by atoms with E-state index in [2.05, 4.69) is 10.2 Å². The average molecular weight is 326 g/mol. The molecule has 8 heteroatoms. The van der Waals surface area contributed by atoms with E-state index in [0.29, 0.717) is 11.3 Å². The SMILES string of the molecule is CSc1nnc(Sc2cc(C(=O)N(C)C)ccc2N)s1. The lowest BCUT2D eigenvalue weighted by atomic mass is 10.2. The van der Waals surface area contributed by atoms with Crippen LogP contribution in [0, 0.1) is 0 Å². The summed E-state index contributed by atoms with van der Waals surface area (Å²) in [5.41, 5.74) is 7.20. The molecule has 2 aromatic rings. The number of nitrogens with zero attached hydrogens (tertiary/aromatic N) is 3. The quantitative estimate of drug-likeness (QED) is 0.688. The van der Waals surface area contributed by atoms with Gasteiger partial charge in [0, 0.05) is 30.2 Å². The number of nitrogens with two attached hydrogens (primary N) is 1. The summed E-state index contributed by atoms with van der Waals surface area (Å²) in [7, 11) is 3.45. The highest BCUT2D eigenvalue weighted by atomic mass is 32.2. The second-order valence-corrected chi connectivity index (χ2v) is 7.41. The Labute approximate surface area is 130 Å². The Kier molecular flexibility index (Phi) is 4.90. The number of hydrogen-bond donors (Lipinski definition) is 1. The zero-order chi connectivity index (χ0) is 14.7. The third-order valence-electron chi connectivity index (χ3n) is 2.43. The van der Waals surface area contributed by atoms with Crippen molar-refractivity contribution in [3.63, 3.8) is 0 Å². The van der Waals surface area contributed by atoms with Crippen LogP contribution in [-0.2, 0) is 0 Å². The second-order valence-electron chi connectivity index (χ2n) is 4.09. The van der Waals surface area contributed by atoms with Crippen molar-refractivity contribution < 1.29 is 4.79 Å². The highest BCUT2D eigenvalue weighted by molar-refractivity contribution is 8.03. The molecule has 2 N–H and O–H groups in total. The average Bonchev–Trinajstić information content (AvgIpc) is 2.88. The maximum absolute atomic E-state index is 12.0. The van der Waals surface area contributed by atoms with Crippen molar-refractivity contribution in [2.45, 2.75) is 13.6 Å². The summed E-state index contributed by atoms with van der Waals surface area (Å²) < 4.78 is 1.72. The second kappa shape index (κ2) is 6.47. The van der Waals surface area contributed by atoms with Crippen molar-refractivity contribution in [2.24, 2.45) is 0 Å². The zero-order valence-corrected chi connectivity index (χ0v) is 13.7. The van der Waals surface area contributed by atoms with E-state index in [1.165, 1.54) is 28.0 Å². The molecule has 0 saturated carbocycles. The molecule has 5 nitrogen and oxygen atoms in total. The summed E-state index contributed by atoms with van der Waals surface area (Å²) in [6, 6.07) is 5.27. The number of nitrogen functional groups attached to an aromatic ring is 1. The van der Waals surface area contributed by atoms with Crippen LogP contribution in [0.5, 0.6) is 0 Å². The molecule has 0 atom stereocenters. The first-order valence-corrected chi connectivity index (χ1v) is 8.53. The van der Waals surface area contributed by atoms with E-state index in [1.807, 2.05) is 6.26 Å². The molecule has 1 aromatic carbocycles. The smallest absolute Gasteiger partial charge is 0.253 e. The first-order valence-electron chi connectivity index (χ1n) is 5.67. The molecule has 0 unspecified atom stereocenters. The lowest BCUT2D eigenvalue weighted by Crippen LogP contribution is -2.21. The van der Waals surface area contributed by atoms with Gasteiger partial charge in [0.05, 0.1) is 0 Å². The first-order chi connectivity index (χ1) is 9.51. The summed E-state index contributed by atoms with van der Waals surface area (Å²) in [5, 5.41) is 8.13. The van der Waals surface area contributed by atoms with E-state index in [1.54, 1.807) is 44.1 Å². The van der Waals surface area contributed by atoms with Gasteiger partial charge in [-0.25, -0.2) is 0 Å². The third kappa shape index (κ3) is 3.44. The van der Waals surface area contributed by atoms with Crippen molar-refractivity contribution >= 4 is 46.5 Å². The minimum atomic E-state index is -0.0473. The summed E-state index contributed by atoms with van der Waals surface area (Å²) in [4.78, 5) is 14.3. The van der Waals surface area contributed by atoms with Crippen LogP contribution in [0.4, 0.5) is 5.69 Å². The zero-order valence-electron chi connectivity index (χ0n) is 11.3. The molecule has 0 spiro atoms. The van der Waals surface area contributed by atoms with E-state index in [-0.39, 0.29) is 5.91 Å². The molecule has 0 saturated heterocycles. The predicted octanol–water partition coefficient (Wildman–Crippen LogP) is 2.70. The van der Waals surface area contributed by atoms with Gasteiger partial charge in [-0.05, 0) is 24.5 Å². The van der Waals surface area contributed by atoms with Crippen LogP contribution < -0.4 is 5.73 Å². The molecule has 106 valence electrons. The molecule has 1 heterocycles. The van der Waals surface area contributed by atoms with Gasteiger partial charge in [0.15, 0.2) is 8.68 Å². The third-order valence-corrected chi connectivity index (χ3v) is 5.45. The number of amides is 1. The molecule has 0 aliphatic rings. The van der Waals surface area contributed by atoms with E-state index < -0.39 is 0 Å². The highest BCUT2D eigenvalue weighted by Crippen LogP contribution is 2.36. The Balaban J connectivity index is 2.26. The van der Waals surface area contributed by atoms with Crippen molar-refractivity contribution in [3.05, 3.63) is 23.8 Å². The minimum absolute atomic E-state index is 0.0473. The van der Waals surface area contributed by atoms with E-state index in [0.717, 1.165) is 13.6 Å². The first kappa shape index (κ1) is 15.1. The number of carbonyl (C=O) groups excluding carboxylic acids is 1. The van der Waals surface area contributed by atoms with Crippen LogP contribution in [0.3, 0.4) is 0 Å². The molecule has 0 aliphatic carbocycles. The van der Waals surface area contributed by atoms with Crippen molar-refractivity contribution in [1.82, 2.24) is 15.1 Å². The normalized spacial score (nSPS) is 10.6. The van der Waals surface area contributed by atoms with Crippen LogP contribution in [0.15, 0.2) is 31.8 Å². The molecule has 1 aromatic heterocycles.